The lowest BCUT2D eigenvalue weighted by molar-refractivity contribution is 0.154. The predicted molar refractivity (Wildman–Crippen MR) is 94.8 cm³/mol. The van der Waals surface area contributed by atoms with Gasteiger partial charge in [-0.25, -0.2) is 8.42 Å². The quantitative estimate of drug-likeness (QED) is 0.238. The number of guanidine groups is 1. The minimum atomic E-state index is -2.93. The van der Waals surface area contributed by atoms with Crippen molar-refractivity contribution in [3.05, 3.63) is 0 Å². The van der Waals surface area contributed by atoms with Crippen LogP contribution in [0, 0.1) is 0 Å². The molecule has 0 aromatic rings. The van der Waals surface area contributed by atoms with Crippen molar-refractivity contribution in [1.82, 2.24) is 10.6 Å². The normalized spacial score (nSPS) is 11.8. The molecule has 6 nitrogen and oxygen atoms in total. The van der Waals surface area contributed by atoms with Gasteiger partial charge in [0, 0.05) is 25.9 Å². The van der Waals surface area contributed by atoms with Crippen LogP contribution in [0.1, 0.15) is 26.7 Å². The van der Waals surface area contributed by atoms with Crippen LogP contribution < -0.4 is 10.6 Å². The molecule has 0 rings (SSSR count). The summed E-state index contributed by atoms with van der Waals surface area (Å²) in [7, 11) is -2.93. The zero-order valence-corrected chi connectivity index (χ0v) is 15.8. The van der Waals surface area contributed by atoms with Crippen molar-refractivity contribution < 1.29 is 13.2 Å². The lowest BCUT2D eigenvalue weighted by atomic mass is 10.3. The van der Waals surface area contributed by atoms with Crippen molar-refractivity contribution in [3.63, 3.8) is 0 Å². The predicted octanol–water partition coefficient (Wildman–Crippen LogP) is 1.02. The number of rotatable bonds is 10. The van der Waals surface area contributed by atoms with Gasteiger partial charge in [0.2, 0.25) is 0 Å². The molecule has 0 aliphatic carbocycles. The molecule has 0 aromatic heterocycles. The lowest BCUT2D eigenvalue weighted by Gasteiger charge is -2.11. The van der Waals surface area contributed by atoms with Gasteiger partial charge in [0.25, 0.3) is 0 Å². The Balaban J connectivity index is 0. The number of hydrogen-bond acceptors (Lipinski definition) is 4. The maximum Gasteiger partial charge on any atom is 0.191 e. The Morgan fingerprint density at radius 3 is 2.45 bits per heavy atom. The Bertz CT molecular complexity index is 348. The van der Waals surface area contributed by atoms with Gasteiger partial charge < -0.3 is 15.4 Å². The Morgan fingerprint density at radius 1 is 1.20 bits per heavy atom. The molecule has 0 aromatic carbocycles. The molecular formula is C12H28IN3O3S. The van der Waals surface area contributed by atoms with Crippen LogP contribution in [0.15, 0.2) is 4.99 Å². The molecule has 0 aliphatic heterocycles. The van der Waals surface area contributed by atoms with Crippen molar-refractivity contribution in [2.24, 2.45) is 4.99 Å². The van der Waals surface area contributed by atoms with E-state index in [1.165, 1.54) is 6.26 Å². The second kappa shape index (κ2) is 13.9. The van der Waals surface area contributed by atoms with Gasteiger partial charge in [0.05, 0.1) is 19.0 Å². The van der Waals surface area contributed by atoms with Gasteiger partial charge in [-0.05, 0) is 13.3 Å². The van der Waals surface area contributed by atoms with Crippen molar-refractivity contribution in [2.75, 3.05) is 44.9 Å². The maximum absolute atomic E-state index is 10.9. The smallest absolute Gasteiger partial charge is 0.191 e. The summed E-state index contributed by atoms with van der Waals surface area (Å²) in [6.45, 7) is 7.08. The number of halogens is 1. The SMILES string of the molecule is CCCCN=C(NCC)NCCOCCS(C)(=O)=O.I. The number of aliphatic imine (C=N–C) groups is 1. The number of sulfone groups is 1. The molecular weight excluding hydrogens is 393 g/mol. The van der Waals surface area contributed by atoms with Crippen LogP contribution in [0.3, 0.4) is 0 Å². The highest BCUT2D eigenvalue weighted by atomic mass is 127. The second-order valence-corrected chi connectivity index (χ2v) is 6.54. The Kier molecular flexibility index (Phi) is 15.4. The zero-order valence-electron chi connectivity index (χ0n) is 12.6. The molecule has 0 heterocycles. The maximum atomic E-state index is 10.9. The van der Waals surface area contributed by atoms with Gasteiger partial charge in [0.15, 0.2) is 5.96 Å². The minimum absolute atomic E-state index is 0. The molecule has 0 amide bonds. The molecule has 8 heteroatoms. The monoisotopic (exact) mass is 421 g/mol. The van der Waals surface area contributed by atoms with Crippen molar-refractivity contribution in [2.45, 2.75) is 26.7 Å². The Labute approximate surface area is 140 Å². The van der Waals surface area contributed by atoms with Crippen LogP contribution in [-0.2, 0) is 14.6 Å². The molecule has 0 atom stereocenters. The molecule has 0 bridgehead atoms. The fraction of sp³-hybridized carbons (Fsp3) is 0.917. The number of unbranched alkanes of at least 4 members (excludes halogenated alkanes) is 1. The van der Waals surface area contributed by atoms with E-state index in [2.05, 4.69) is 22.5 Å². The molecule has 2 N–H and O–H groups in total. The summed E-state index contributed by atoms with van der Waals surface area (Å²) >= 11 is 0. The molecule has 122 valence electrons. The van der Waals surface area contributed by atoms with E-state index < -0.39 is 9.84 Å². The summed E-state index contributed by atoms with van der Waals surface area (Å²) in [6, 6.07) is 0. The average molecular weight is 421 g/mol. The number of hydrogen-bond donors (Lipinski definition) is 2. The van der Waals surface area contributed by atoms with Gasteiger partial charge in [-0.2, -0.15) is 0 Å². The summed E-state index contributed by atoms with van der Waals surface area (Å²) in [4.78, 5) is 4.40. The average Bonchev–Trinajstić information content (AvgIpc) is 2.32. The van der Waals surface area contributed by atoms with E-state index in [0.717, 1.165) is 31.9 Å². The highest BCUT2D eigenvalue weighted by molar-refractivity contribution is 14.0. The fourth-order valence-electron chi connectivity index (χ4n) is 1.24. The van der Waals surface area contributed by atoms with Crippen LogP contribution in [0.4, 0.5) is 0 Å². The van der Waals surface area contributed by atoms with Crippen molar-refractivity contribution in [1.29, 1.82) is 0 Å². The van der Waals surface area contributed by atoms with E-state index in [-0.39, 0.29) is 36.3 Å². The molecule has 0 unspecified atom stereocenters. The van der Waals surface area contributed by atoms with E-state index in [1.807, 2.05) is 6.92 Å². The highest BCUT2D eigenvalue weighted by Gasteiger charge is 2.01. The molecule has 0 saturated heterocycles. The number of ether oxygens (including phenoxy) is 1. The van der Waals surface area contributed by atoms with Crippen molar-refractivity contribution in [3.8, 4) is 0 Å². The van der Waals surface area contributed by atoms with Gasteiger partial charge in [-0.15, -0.1) is 24.0 Å². The van der Waals surface area contributed by atoms with Crippen LogP contribution in [-0.4, -0.2) is 59.2 Å². The summed E-state index contributed by atoms with van der Waals surface area (Å²) in [5, 5.41) is 6.29. The molecule has 20 heavy (non-hydrogen) atoms. The molecule has 0 spiro atoms. The van der Waals surface area contributed by atoms with Crippen LogP contribution in [0.25, 0.3) is 0 Å². The van der Waals surface area contributed by atoms with Crippen LogP contribution in [0.5, 0.6) is 0 Å². The summed E-state index contributed by atoms with van der Waals surface area (Å²) in [5.74, 6) is 0.847. The lowest BCUT2D eigenvalue weighted by Crippen LogP contribution is -2.39. The first kappa shape index (κ1) is 22.2. The molecule has 0 saturated carbocycles. The summed E-state index contributed by atoms with van der Waals surface area (Å²) in [5.41, 5.74) is 0. The molecule has 0 radical (unpaired) electrons. The largest absolute Gasteiger partial charge is 0.379 e. The third-order valence-corrected chi connectivity index (χ3v) is 3.17. The van der Waals surface area contributed by atoms with Crippen LogP contribution in [0.2, 0.25) is 0 Å². The standard InChI is InChI=1S/C12H27N3O3S.HI/c1-4-6-7-14-12(13-5-2)15-8-9-18-10-11-19(3,16)17;/h4-11H2,1-3H3,(H2,13,14,15);1H. The summed E-state index contributed by atoms with van der Waals surface area (Å²) < 4.78 is 27.0. The first-order chi connectivity index (χ1) is 8.99. The topological polar surface area (TPSA) is 79.8 Å². The highest BCUT2D eigenvalue weighted by Crippen LogP contribution is 1.87. The Morgan fingerprint density at radius 2 is 1.90 bits per heavy atom. The van der Waals surface area contributed by atoms with Gasteiger partial charge >= 0.3 is 0 Å². The van der Waals surface area contributed by atoms with E-state index in [9.17, 15) is 8.42 Å². The van der Waals surface area contributed by atoms with E-state index >= 15 is 0 Å². The first-order valence-electron chi connectivity index (χ1n) is 6.77. The third kappa shape index (κ3) is 16.0. The van der Waals surface area contributed by atoms with E-state index in [4.69, 9.17) is 4.74 Å². The molecule has 0 aliphatic rings. The van der Waals surface area contributed by atoms with Crippen molar-refractivity contribution >= 4 is 39.8 Å². The van der Waals surface area contributed by atoms with Gasteiger partial charge in [-0.3, -0.25) is 4.99 Å². The first-order valence-corrected chi connectivity index (χ1v) is 8.83. The van der Waals surface area contributed by atoms with Gasteiger partial charge in [0.1, 0.15) is 9.84 Å². The van der Waals surface area contributed by atoms with Crippen LogP contribution >= 0.6 is 24.0 Å². The summed E-state index contributed by atoms with van der Waals surface area (Å²) in [6.07, 6.45) is 3.40. The second-order valence-electron chi connectivity index (χ2n) is 4.28. The number of nitrogens with one attached hydrogen (secondary N) is 2. The Hall–Kier alpha value is -0.0900. The fourth-order valence-corrected chi connectivity index (χ4v) is 1.67. The molecule has 0 fully saturated rings. The number of nitrogens with zero attached hydrogens (tertiary/aromatic N) is 1. The minimum Gasteiger partial charge on any atom is -0.379 e. The zero-order chi connectivity index (χ0) is 14.6. The van der Waals surface area contributed by atoms with Gasteiger partial charge in [-0.1, -0.05) is 13.3 Å². The van der Waals surface area contributed by atoms with E-state index in [0.29, 0.717) is 13.2 Å². The third-order valence-electron chi connectivity index (χ3n) is 2.26. The van der Waals surface area contributed by atoms with E-state index in [1.54, 1.807) is 0 Å².